The van der Waals surface area contributed by atoms with Crippen LogP contribution in [0.5, 0.6) is 0 Å². The Morgan fingerprint density at radius 2 is 1.75 bits per heavy atom. The Hall–Kier alpha value is -0.730. The van der Waals surface area contributed by atoms with Crippen LogP contribution in [0, 0.1) is 5.53 Å². The molecule has 0 unspecified atom stereocenters. The van der Waals surface area contributed by atoms with Gasteiger partial charge in [0, 0.05) is 13.2 Å². The summed E-state index contributed by atoms with van der Waals surface area (Å²) in [6.07, 6.45) is 2.56. The standard InChI is InChI=1S/C4H8O.HN3/c1-2-4-5-3-1;1-3-2/h1-4H2;1H. The Kier molecular flexibility index (Phi) is 5.70. The number of nitrogens with zero attached hydrogens (tertiary/aromatic N) is 2. The summed E-state index contributed by atoms with van der Waals surface area (Å²) in [4.78, 5) is 1.75. The highest BCUT2D eigenvalue weighted by Crippen LogP contribution is 1.98. The van der Waals surface area contributed by atoms with E-state index in [0.717, 1.165) is 13.2 Å². The highest BCUT2D eigenvalue weighted by molar-refractivity contribution is 4.43. The van der Waals surface area contributed by atoms with Crippen molar-refractivity contribution in [3.8, 4) is 0 Å². The molecular formula is C4H9N3O. The predicted octanol–water partition coefficient (Wildman–Crippen LogP) is 1.67. The molecule has 1 aliphatic heterocycles. The fraction of sp³-hybridized carbons (Fsp3) is 1.00. The number of hydrogen-bond donors (Lipinski definition) is 1. The summed E-state index contributed by atoms with van der Waals surface area (Å²) in [7, 11) is 0. The third kappa shape index (κ3) is 5.27. The minimum absolute atomic E-state index is 1.00. The maximum absolute atomic E-state index is 6.86. The Bertz CT molecular complexity index is 65.7. The van der Waals surface area contributed by atoms with Crippen LogP contribution in [0.2, 0.25) is 0 Å². The quantitative estimate of drug-likeness (QED) is 0.291. The SMILES string of the molecule is C1CCOC1.[N-]=[N+]=N. The summed E-state index contributed by atoms with van der Waals surface area (Å²) >= 11 is 0. The van der Waals surface area contributed by atoms with Crippen molar-refractivity contribution < 1.29 is 4.74 Å². The Morgan fingerprint density at radius 1 is 1.38 bits per heavy atom. The molecule has 0 radical (unpaired) electrons. The van der Waals surface area contributed by atoms with Gasteiger partial charge in [-0.2, -0.15) is 0 Å². The van der Waals surface area contributed by atoms with Gasteiger partial charge in [0.1, 0.15) is 0 Å². The zero-order chi connectivity index (χ0) is 6.24. The second kappa shape index (κ2) is 6.27. The van der Waals surface area contributed by atoms with E-state index in [1.807, 2.05) is 0 Å². The first-order chi connectivity index (χ1) is 3.91. The molecule has 0 aliphatic carbocycles. The average Bonchev–Trinajstić information content (AvgIpc) is 2.17. The van der Waals surface area contributed by atoms with E-state index in [0.29, 0.717) is 0 Å². The van der Waals surface area contributed by atoms with E-state index < -0.39 is 0 Å². The zero-order valence-electron chi connectivity index (χ0n) is 4.63. The molecule has 0 aromatic carbocycles. The molecule has 0 saturated carbocycles. The maximum atomic E-state index is 6.86. The van der Waals surface area contributed by atoms with Crippen LogP contribution in [0.15, 0.2) is 0 Å². The number of ether oxygens (including phenoxy) is 1. The number of rotatable bonds is 0. The van der Waals surface area contributed by atoms with Crippen molar-refractivity contribution in [3.63, 3.8) is 0 Å². The minimum Gasteiger partial charge on any atom is -0.381 e. The summed E-state index contributed by atoms with van der Waals surface area (Å²) in [6.45, 7) is 2.00. The Balaban J connectivity index is 0.000000145. The van der Waals surface area contributed by atoms with E-state index >= 15 is 0 Å². The van der Waals surface area contributed by atoms with Crippen LogP contribution in [0.4, 0.5) is 0 Å². The zero-order valence-corrected chi connectivity index (χ0v) is 4.63. The van der Waals surface area contributed by atoms with Gasteiger partial charge >= 0.3 is 0 Å². The van der Waals surface area contributed by atoms with Gasteiger partial charge in [-0.3, -0.25) is 0 Å². The van der Waals surface area contributed by atoms with Crippen LogP contribution in [0.25, 0.3) is 10.4 Å². The molecule has 0 bridgehead atoms. The molecule has 1 aliphatic rings. The normalized spacial score (nSPS) is 16.0. The van der Waals surface area contributed by atoms with E-state index in [1.54, 1.807) is 4.91 Å². The first kappa shape index (κ1) is 7.27. The Morgan fingerprint density at radius 3 is 1.88 bits per heavy atom. The van der Waals surface area contributed by atoms with Gasteiger partial charge in [0.05, 0.1) is 0 Å². The summed E-state index contributed by atoms with van der Waals surface area (Å²) in [5, 5.41) is 0. The van der Waals surface area contributed by atoms with Gasteiger partial charge in [0.25, 0.3) is 0 Å². The fourth-order valence-electron chi connectivity index (χ4n) is 0.510. The van der Waals surface area contributed by atoms with Crippen LogP contribution in [0.3, 0.4) is 0 Å². The molecule has 1 fully saturated rings. The second-order valence-electron chi connectivity index (χ2n) is 1.42. The van der Waals surface area contributed by atoms with Crippen LogP contribution in [-0.4, -0.2) is 13.2 Å². The van der Waals surface area contributed by atoms with Crippen molar-refractivity contribution in [2.24, 2.45) is 0 Å². The lowest BCUT2D eigenvalue weighted by Crippen LogP contribution is -1.74. The fourth-order valence-corrected chi connectivity index (χ4v) is 0.510. The summed E-state index contributed by atoms with van der Waals surface area (Å²) in [6, 6.07) is 0. The van der Waals surface area contributed by atoms with Gasteiger partial charge in [0.2, 0.25) is 0 Å². The third-order valence-electron chi connectivity index (χ3n) is 0.827. The van der Waals surface area contributed by atoms with Crippen LogP contribution in [-0.2, 0) is 4.74 Å². The summed E-state index contributed by atoms with van der Waals surface area (Å²) in [5.41, 5.74) is 12.2. The summed E-state index contributed by atoms with van der Waals surface area (Å²) < 4.78 is 4.94. The largest absolute Gasteiger partial charge is 0.381 e. The van der Waals surface area contributed by atoms with Gasteiger partial charge in [-0.25, -0.2) is 0 Å². The van der Waals surface area contributed by atoms with Crippen molar-refractivity contribution in [2.45, 2.75) is 12.8 Å². The molecule has 4 nitrogen and oxygen atoms in total. The van der Waals surface area contributed by atoms with Gasteiger partial charge in [-0.1, -0.05) is 0 Å². The van der Waals surface area contributed by atoms with Crippen molar-refractivity contribution in [1.82, 2.24) is 0 Å². The van der Waals surface area contributed by atoms with Crippen molar-refractivity contribution in [1.29, 1.82) is 5.53 Å². The smallest absolute Gasteiger partial charge is 0.0466 e. The van der Waals surface area contributed by atoms with E-state index in [4.69, 9.17) is 15.8 Å². The summed E-state index contributed by atoms with van der Waals surface area (Å²) in [5.74, 6) is 0. The Labute approximate surface area is 47.9 Å². The molecule has 0 aromatic heterocycles. The molecular weight excluding hydrogens is 106 g/mol. The third-order valence-corrected chi connectivity index (χ3v) is 0.827. The average molecular weight is 115 g/mol. The molecule has 1 N–H and O–H groups in total. The van der Waals surface area contributed by atoms with E-state index in [-0.39, 0.29) is 0 Å². The van der Waals surface area contributed by atoms with Crippen molar-refractivity contribution >= 4 is 0 Å². The van der Waals surface area contributed by atoms with Gasteiger partial charge in [-0.05, 0) is 23.3 Å². The van der Waals surface area contributed by atoms with Gasteiger partial charge < -0.3 is 4.74 Å². The van der Waals surface area contributed by atoms with Gasteiger partial charge in [-0.15, -0.1) is 5.53 Å². The highest BCUT2D eigenvalue weighted by atomic mass is 16.5. The van der Waals surface area contributed by atoms with E-state index in [9.17, 15) is 0 Å². The molecule has 8 heavy (non-hydrogen) atoms. The van der Waals surface area contributed by atoms with Crippen molar-refractivity contribution in [2.75, 3.05) is 13.2 Å². The lowest BCUT2D eigenvalue weighted by Gasteiger charge is -1.76. The van der Waals surface area contributed by atoms with Crippen LogP contribution >= 0.6 is 0 Å². The molecule has 0 amide bonds. The topological polar surface area (TPSA) is 69.5 Å². The van der Waals surface area contributed by atoms with E-state index in [2.05, 4.69) is 0 Å². The molecule has 0 spiro atoms. The predicted molar refractivity (Wildman–Crippen MR) is 29.5 cm³/mol. The highest BCUT2D eigenvalue weighted by Gasteiger charge is 1.94. The second-order valence-corrected chi connectivity index (χ2v) is 1.42. The number of nitrogens with one attached hydrogen (secondary N) is 1. The molecule has 0 atom stereocenters. The minimum atomic E-state index is 1.00. The monoisotopic (exact) mass is 115 g/mol. The first-order valence-electron chi connectivity index (χ1n) is 2.50. The molecule has 1 saturated heterocycles. The van der Waals surface area contributed by atoms with Crippen molar-refractivity contribution in [3.05, 3.63) is 10.4 Å². The molecule has 1 heterocycles. The van der Waals surface area contributed by atoms with Gasteiger partial charge in [0.15, 0.2) is 0 Å². The molecule has 46 valence electrons. The number of hydrogen-bond acceptors (Lipinski definition) is 2. The first-order valence-corrected chi connectivity index (χ1v) is 2.50. The molecule has 0 aromatic rings. The maximum Gasteiger partial charge on any atom is 0.0466 e. The molecule has 4 heteroatoms. The van der Waals surface area contributed by atoms with Crippen LogP contribution in [0.1, 0.15) is 12.8 Å². The van der Waals surface area contributed by atoms with Crippen LogP contribution < -0.4 is 0 Å². The lowest BCUT2D eigenvalue weighted by atomic mass is 10.4. The lowest BCUT2D eigenvalue weighted by molar-refractivity contribution is 0.198. The molecule has 1 rings (SSSR count). The van der Waals surface area contributed by atoms with E-state index in [1.165, 1.54) is 12.8 Å².